The third kappa shape index (κ3) is 6.61. The predicted octanol–water partition coefficient (Wildman–Crippen LogP) is 7.17. The van der Waals surface area contributed by atoms with Gasteiger partial charge in [-0.1, -0.05) is 31.1 Å². The van der Waals surface area contributed by atoms with Gasteiger partial charge in [-0.3, -0.25) is 19.0 Å². The second kappa shape index (κ2) is 13.3. The van der Waals surface area contributed by atoms with Crippen molar-refractivity contribution in [1.82, 2.24) is 39.5 Å². The van der Waals surface area contributed by atoms with E-state index in [1.165, 1.54) is 51.1 Å². The van der Waals surface area contributed by atoms with Crippen molar-refractivity contribution >= 4 is 11.8 Å². The highest BCUT2D eigenvalue weighted by molar-refractivity contribution is 5.94. The van der Waals surface area contributed by atoms with Crippen molar-refractivity contribution in [2.75, 3.05) is 26.2 Å². The summed E-state index contributed by atoms with van der Waals surface area (Å²) in [6, 6.07) is 4.97. The highest BCUT2D eigenvalue weighted by atomic mass is 19.4. The van der Waals surface area contributed by atoms with E-state index in [0.717, 1.165) is 17.0 Å². The van der Waals surface area contributed by atoms with E-state index >= 15 is 0 Å². The Bertz CT molecular complexity index is 2090. The number of benzene rings is 1. The van der Waals surface area contributed by atoms with E-state index in [4.69, 9.17) is 4.52 Å². The van der Waals surface area contributed by atoms with Crippen LogP contribution in [0.15, 0.2) is 53.4 Å². The molecule has 0 bridgehead atoms. The third-order valence-corrected chi connectivity index (χ3v) is 11.4. The zero-order valence-electron chi connectivity index (χ0n) is 30.3. The summed E-state index contributed by atoms with van der Waals surface area (Å²) in [5.74, 6) is -2.11. The first kappa shape index (κ1) is 39.3. The molecule has 3 aromatic heterocycles. The van der Waals surface area contributed by atoms with Crippen LogP contribution in [0.1, 0.15) is 97.3 Å². The number of amides is 2. The number of halogens is 9. The molecule has 2 unspecified atom stereocenters. The van der Waals surface area contributed by atoms with Crippen LogP contribution in [0.3, 0.4) is 0 Å². The fourth-order valence-corrected chi connectivity index (χ4v) is 7.72. The fraction of sp³-hybridized carbons (Fsp3) is 0.556. The Morgan fingerprint density at radius 3 is 2.11 bits per heavy atom. The van der Waals surface area contributed by atoms with E-state index in [9.17, 15) is 49.1 Å². The molecule has 0 N–H and O–H groups in total. The zero-order valence-corrected chi connectivity index (χ0v) is 30.3. The largest absolute Gasteiger partial charge is 0.416 e. The topological polar surface area (TPSA) is 115 Å². The van der Waals surface area contributed by atoms with E-state index in [2.05, 4.69) is 20.3 Å². The van der Waals surface area contributed by atoms with E-state index < -0.39 is 64.1 Å². The molecule has 4 aromatic rings. The number of carbonyl (C=O) groups is 2. The van der Waals surface area contributed by atoms with Gasteiger partial charge >= 0.3 is 18.5 Å². The Kier molecular flexibility index (Phi) is 9.38. The number of likely N-dealkylation sites (tertiary alicyclic amines) is 2. The molecule has 20 heteroatoms. The van der Waals surface area contributed by atoms with Gasteiger partial charge in [0.1, 0.15) is 16.9 Å². The Labute approximate surface area is 313 Å². The summed E-state index contributed by atoms with van der Waals surface area (Å²) in [6.45, 7) is 5.43. The van der Waals surface area contributed by atoms with Crippen molar-refractivity contribution in [3.8, 4) is 0 Å². The maximum atomic E-state index is 13.8. The van der Waals surface area contributed by atoms with Gasteiger partial charge in [0.25, 0.3) is 11.8 Å². The predicted molar refractivity (Wildman–Crippen MR) is 177 cm³/mol. The van der Waals surface area contributed by atoms with Gasteiger partial charge in [0, 0.05) is 44.0 Å². The minimum absolute atomic E-state index is 0.00207. The van der Waals surface area contributed by atoms with Crippen molar-refractivity contribution in [2.45, 2.75) is 88.9 Å². The summed E-state index contributed by atoms with van der Waals surface area (Å²) in [4.78, 5) is 34.0. The number of hydrogen-bond donors (Lipinski definition) is 0. The normalized spacial score (nSPS) is 21.3. The molecular formula is C36H37F9N8O3. The number of rotatable bonds is 8. The van der Waals surface area contributed by atoms with Gasteiger partial charge < -0.3 is 14.3 Å². The molecule has 2 aliphatic heterocycles. The lowest BCUT2D eigenvalue weighted by molar-refractivity contribution is -0.204. The van der Waals surface area contributed by atoms with Crippen LogP contribution in [0.2, 0.25) is 0 Å². The monoisotopic (exact) mass is 800 g/mol. The summed E-state index contributed by atoms with van der Waals surface area (Å²) in [6.07, 6.45) is -10.3. The standard InChI is InChI=1S/C34H31F9N8O3.C2H6/c1-19(51-11-6-24(46-51)30(7-8-30)33(38,39)40)26-45-25(47-54-26)23-15-48(16-29(23)17-49(18-29)28(53)31(9-10-31)34(41,42)43)27(52)21-12-44-50(14-21)13-20-2-4-22(5-3-20)32(35,36)37;1-2/h2-6,11-12,14,19,23H,7-10,13,15-18H2,1H3;1-2H3. The smallest absolute Gasteiger partial charge is 0.340 e. The van der Waals surface area contributed by atoms with Crippen molar-refractivity contribution in [3.05, 3.63) is 83.0 Å². The highest BCUT2D eigenvalue weighted by Crippen LogP contribution is 2.61. The van der Waals surface area contributed by atoms with Crippen LogP contribution in [0.5, 0.6) is 0 Å². The number of alkyl halides is 9. The Balaban J connectivity index is 0.00000237. The van der Waals surface area contributed by atoms with E-state index in [1.807, 2.05) is 13.8 Å². The molecule has 4 fully saturated rings. The summed E-state index contributed by atoms with van der Waals surface area (Å²) in [7, 11) is 0. The number of carbonyl (C=O) groups excluding carboxylic acids is 2. The first-order chi connectivity index (χ1) is 26.3. The molecule has 2 aliphatic carbocycles. The van der Waals surface area contributed by atoms with Gasteiger partial charge in [-0.2, -0.15) is 54.7 Å². The van der Waals surface area contributed by atoms with Gasteiger partial charge in [-0.05, 0) is 56.4 Å². The first-order valence-electron chi connectivity index (χ1n) is 18.1. The molecule has 56 heavy (non-hydrogen) atoms. The quantitative estimate of drug-likeness (QED) is 0.174. The van der Waals surface area contributed by atoms with Crippen LogP contribution >= 0.6 is 0 Å². The summed E-state index contributed by atoms with van der Waals surface area (Å²) in [5, 5.41) is 12.5. The van der Waals surface area contributed by atoms with Gasteiger partial charge in [0.15, 0.2) is 5.82 Å². The van der Waals surface area contributed by atoms with Crippen molar-refractivity contribution in [1.29, 1.82) is 0 Å². The summed E-state index contributed by atoms with van der Waals surface area (Å²) >= 11 is 0. The molecule has 8 rings (SSSR count). The summed E-state index contributed by atoms with van der Waals surface area (Å²) in [5.41, 5.74) is -5.67. The van der Waals surface area contributed by atoms with Crippen LogP contribution < -0.4 is 0 Å². The minimum Gasteiger partial charge on any atom is -0.340 e. The molecule has 302 valence electrons. The van der Waals surface area contributed by atoms with Crippen LogP contribution in [0.4, 0.5) is 39.5 Å². The Morgan fingerprint density at radius 1 is 0.893 bits per heavy atom. The average Bonchev–Trinajstić information content (AvgIpc) is 3.84. The second-order valence-electron chi connectivity index (χ2n) is 14.9. The minimum atomic E-state index is -4.71. The summed E-state index contributed by atoms with van der Waals surface area (Å²) < 4.78 is 130. The van der Waals surface area contributed by atoms with Crippen LogP contribution in [0, 0.1) is 10.8 Å². The lowest BCUT2D eigenvalue weighted by Crippen LogP contribution is -2.64. The molecule has 2 atom stereocenters. The Morgan fingerprint density at radius 2 is 1.54 bits per heavy atom. The molecule has 2 saturated carbocycles. The van der Waals surface area contributed by atoms with Crippen LogP contribution in [0.25, 0.3) is 0 Å². The van der Waals surface area contributed by atoms with Crippen molar-refractivity contribution in [3.63, 3.8) is 0 Å². The van der Waals surface area contributed by atoms with Crippen molar-refractivity contribution < 1.29 is 53.6 Å². The van der Waals surface area contributed by atoms with Crippen molar-refractivity contribution in [2.24, 2.45) is 10.8 Å². The Hall–Kier alpha value is -4.91. The van der Waals surface area contributed by atoms with Gasteiger partial charge in [-0.15, -0.1) is 0 Å². The first-order valence-corrected chi connectivity index (χ1v) is 18.1. The SMILES string of the molecule is CC.CC(c1nc(C2CN(C(=O)c3cnn(Cc4ccc(C(F)(F)F)cc4)c3)CC23CN(C(=O)C2(C(F)(F)F)CC2)C3)no1)n1ccc(C2(C(F)(F)F)CC2)n1. The van der Waals surface area contributed by atoms with Crippen LogP contribution in [-0.4, -0.2) is 89.8 Å². The lowest BCUT2D eigenvalue weighted by atomic mass is 9.70. The molecule has 4 aliphatic rings. The fourth-order valence-electron chi connectivity index (χ4n) is 7.72. The average molecular weight is 801 g/mol. The molecule has 2 saturated heterocycles. The van der Waals surface area contributed by atoms with Gasteiger partial charge in [0.05, 0.1) is 35.5 Å². The van der Waals surface area contributed by atoms with E-state index in [-0.39, 0.29) is 81.4 Å². The zero-order chi connectivity index (χ0) is 40.6. The maximum Gasteiger partial charge on any atom is 0.416 e. The van der Waals surface area contributed by atoms with Gasteiger partial charge in [0.2, 0.25) is 5.91 Å². The van der Waals surface area contributed by atoms with E-state index in [0.29, 0.717) is 5.56 Å². The highest BCUT2D eigenvalue weighted by Gasteiger charge is 2.72. The maximum absolute atomic E-state index is 13.8. The van der Waals surface area contributed by atoms with E-state index in [1.54, 1.807) is 6.92 Å². The van der Waals surface area contributed by atoms with Crippen LogP contribution in [-0.2, 0) is 22.9 Å². The molecule has 2 amide bonds. The third-order valence-electron chi connectivity index (χ3n) is 11.4. The molecule has 1 spiro atoms. The number of aromatic nitrogens is 6. The number of hydrogen-bond acceptors (Lipinski definition) is 7. The lowest BCUT2D eigenvalue weighted by Gasteiger charge is -2.51. The molecule has 5 heterocycles. The molecule has 11 nitrogen and oxygen atoms in total. The molecular weight excluding hydrogens is 763 g/mol. The molecule has 0 radical (unpaired) electrons. The van der Waals surface area contributed by atoms with Gasteiger partial charge in [-0.25, -0.2) is 0 Å². The molecule has 1 aromatic carbocycles. The number of nitrogens with zero attached hydrogens (tertiary/aromatic N) is 8. The second-order valence-corrected chi connectivity index (χ2v) is 14.9.